The second kappa shape index (κ2) is 7.32. The molecule has 0 saturated carbocycles. The van der Waals surface area contributed by atoms with Crippen molar-refractivity contribution in [3.8, 4) is 22.3 Å². The fourth-order valence-corrected chi connectivity index (χ4v) is 4.23. The summed E-state index contributed by atoms with van der Waals surface area (Å²) in [5.74, 6) is 0. The Labute approximate surface area is 167 Å². The molecule has 0 fully saturated rings. The fourth-order valence-electron chi connectivity index (χ4n) is 4.23. The maximum Gasteiger partial charge on any atom is -0.00238 e. The maximum absolute atomic E-state index is 4.17. The predicted octanol–water partition coefficient (Wildman–Crippen LogP) is 8.08. The van der Waals surface area contributed by atoms with E-state index in [0.717, 1.165) is 11.1 Å². The number of hydrogen-bond acceptors (Lipinski definition) is 0. The second-order valence-corrected chi connectivity index (χ2v) is 7.17. The first-order valence-electron chi connectivity index (χ1n) is 9.63. The first kappa shape index (κ1) is 18.0. The number of rotatable bonds is 4. The number of hydrogen-bond donors (Lipinski definition) is 0. The third kappa shape index (κ3) is 2.78. The molecule has 0 spiro atoms. The van der Waals surface area contributed by atoms with Crippen molar-refractivity contribution in [3.05, 3.63) is 108 Å². The van der Waals surface area contributed by atoms with Crippen molar-refractivity contribution in [2.45, 2.75) is 13.8 Å². The molecule has 0 aliphatic rings. The van der Waals surface area contributed by atoms with Crippen molar-refractivity contribution < 1.29 is 0 Å². The summed E-state index contributed by atoms with van der Waals surface area (Å²) in [4.78, 5) is 0. The molecule has 0 atom stereocenters. The quantitative estimate of drug-likeness (QED) is 0.345. The van der Waals surface area contributed by atoms with E-state index in [4.69, 9.17) is 0 Å². The molecule has 0 heterocycles. The zero-order valence-corrected chi connectivity index (χ0v) is 16.5. The molecular formula is C28H24. The lowest BCUT2D eigenvalue weighted by atomic mass is 9.81. The molecule has 0 aromatic heterocycles. The highest BCUT2D eigenvalue weighted by Gasteiger charge is 2.20. The lowest BCUT2D eigenvalue weighted by Crippen LogP contribution is -1.98. The van der Waals surface area contributed by atoms with Gasteiger partial charge < -0.3 is 0 Å². The predicted molar refractivity (Wildman–Crippen MR) is 124 cm³/mol. The zero-order valence-electron chi connectivity index (χ0n) is 16.5. The molecule has 4 aromatic carbocycles. The molecule has 0 bridgehead atoms. The van der Waals surface area contributed by atoms with Crippen LogP contribution in [0.5, 0.6) is 0 Å². The summed E-state index contributed by atoms with van der Waals surface area (Å²) in [6.07, 6.45) is 3.96. The van der Waals surface area contributed by atoms with E-state index in [-0.39, 0.29) is 0 Å². The van der Waals surface area contributed by atoms with Gasteiger partial charge in [-0.3, -0.25) is 0 Å². The molecule has 4 aromatic rings. The van der Waals surface area contributed by atoms with Crippen LogP contribution >= 0.6 is 0 Å². The topological polar surface area (TPSA) is 0 Å². The van der Waals surface area contributed by atoms with Crippen LogP contribution in [0.3, 0.4) is 0 Å². The van der Waals surface area contributed by atoms with Crippen molar-refractivity contribution in [2.75, 3.05) is 0 Å². The largest absolute Gasteiger partial charge is 0.0984 e. The van der Waals surface area contributed by atoms with Gasteiger partial charge in [-0.2, -0.15) is 0 Å². The Kier molecular flexibility index (Phi) is 4.71. The van der Waals surface area contributed by atoms with E-state index in [2.05, 4.69) is 99.8 Å². The maximum atomic E-state index is 4.17. The van der Waals surface area contributed by atoms with Crippen LogP contribution in [0.4, 0.5) is 0 Å². The molecule has 0 N–H and O–H groups in total. The van der Waals surface area contributed by atoms with Gasteiger partial charge in [0.1, 0.15) is 0 Å². The lowest BCUT2D eigenvalue weighted by molar-refractivity contribution is 1.45. The van der Waals surface area contributed by atoms with E-state index >= 15 is 0 Å². The highest BCUT2D eigenvalue weighted by molar-refractivity contribution is 6.14. The van der Waals surface area contributed by atoms with Gasteiger partial charge in [0, 0.05) is 0 Å². The van der Waals surface area contributed by atoms with Crippen molar-refractivity contribution >= 4 is 22.9 Å². The van der Waals surface area contributed by atoms with Crippen LogP contribution in [-0.2, 0) is 0 Å². The summed E-state index contributed by atoms with van der Waals surface area (Å²) in [5.41, 5.74) is 9.72. The van der Waals surface area contributed by atoms with Crippen molar-refractivity contribution in [1.29, 1.82) is 0 Å². The Hall–Kier alpha value is -3.38. The molecule has 4 rings (SSSR count). The summed E-state index contributed by atoms with van der Waals surface area (Å²) in [6.45, 7) is 12.7. The molecule has 0 amide bonds. The summed E-state index contributed by atoms with van der Waals surface area (Å²) in [6, 6.07) is 25.7. The Balaban J connectivity index is 2.32. The van der Waals surface area contributed by atoms with Gasteiger partial charge in [0.2, 0.25) is 0 Å². The van der Waals surface area contributed by atoms with Crippen molar-refractivity contribution in [2.24, 2.45) is 0 Å². The van der Waals surface area contributed by atoms with Crippen LogP contribution < -0.4 is 0 Å². The molecule has 0 heteroatoms. The van der Waals surface area contributed by atoms with Crippen LogP contribution in [0.15, 0.2) is 86.0 Å². The minimum Gasteiger partial charge on any atom is -0.0984 e. The van der Waals surface area contributed by atoms with E-state index in [1.807, 2.05) is 12.2 Å². The minimum atomic E-state index is 1.14. The minimum absolute atomic E-state index is 1.14. The highest BCUT2D eigenvalue weighted by atomic mass is 14.2. The normalized spacial score (nSPS) is 10.8. The van der Waals surface area contributed by atoms with Gasteiger partial charge in [0.15, 0.2) is 0 Å². The van der Waals surface area contributed by atoms with Crippen LogP contribution in [0.1, 0.15) is 22.3 Å². The van der Waals surface area contributed by atoms with Crippen LogP contribution in [0.25, 0.3) is 45.2 Å². The smallest absolute Gasteiger partial charge is 0.00238 e. The SMILES string of the molecule is C=Cc1c(C=C)c(-c2ccccc2)c2c(C)ccc(C)c2c1-c1ccccc1. The van der Waals surface area contributed by atoms with Crippen LogP contribution in [0.2, 0.25) is 0 Å². The molecule has 0 unspecified atom stereocenters. The van der Waals surface area contributed by atoms with Gasteiger partial charge in [-0.15, -0.1) is 0 Å². The number of fused-ring (bicyclic) bond motifs is 1. The van der Waals surface area contributed by atoms with Gasteiger partial charge in [-0.05, 0) is 69.1 Å². The summed E-state index contributed by atoms with van der Waals surface area (Å²) in [7, 11) is 0. The Morgan fingerprint density at radius 1 is 0.536 bits per heavy atom. The van der Waals surface area contributed by atoms with E-state index in [1.165, 1.54) is 44.2 Å². The fraction of sp³-hybridized carbons (Fsp3) is 0.0714. The zero-order chi connectivity index (χ0) is 19.7. The molecule has 0 nitrogen and oxygen atoms in total. The van der Waals surface area contributed by atoms with E-state index in [9.17, 15) is 0 Å². The standard InChI is InChI=1S/C28H24/c1-5-23-24(6-2)28(22-15-11-8-12-16-22)26-20(4)18-17-19(3)25(26)27(23)21-13-9-7-10-14-21/h5-18H,1-2H2,3-4H3. The van der Waals surface area contributed by atoms with Gasteiger partial charge in [0.25, 0.3) is 0 Å². The molecule has 0 saturated heterocycles. The lowest BCUT2D eigenvalue weighted by Gasteiger charge is -2.22. The van der Waals surface area contributed by atoms with E-state index in [1.54, 1.807) is 0 Å². The van der Waals surface area contributed by atoms with Crippen LogP contribution in [0, 0.1) is 13.8 Å². The van der Waals surface area contributed by atoms with Crippen molar-refractivity contribution in [3.63, 3.8) is 0 Å². The second-order valence-electron chi connectivity index (χ2n) is 7.17. The van der Waals surface area contributed by atoms with Crippen LogP contribution in [-0.4, -0.2) is 0 Å². The Morgan fingerprint density at radius 3 is 1.21 bits per heavy atom. The third-order valence-electron chi connectivity index (χ3n) is 5.48. The van der Waals surface area contributed by atoms with E-state index < -0.39 is 0 Å². The average Bonchev–Trinajstić information content (AvgIpc) is 2.75. The molecular weight excluding hydrogens is 336 g/mol. The number of aryl methyl sites for hydroxylation is 2. The summed E-state index contributed by atoms with van der Waals surface area (Å²) in [5, 5.41) is 2.59. The Morgan fingerprint density at radius 2 is 0.893 bits per heavy atom. The molecule has 136 valence electrons. The molecule has 0 aliphatic carbocycles. The van der Waals surface area contributed by atoms with E-state index in [0.29, 0.717) is 0 Å². The van der Waals surface area contributed by atoms with Gasteiger partial charge >= 0.3 is 0 Å². The summed E-state index contributed by atoms with van der Waals surface area (Å²) < 4.78 is 0. The van der Waals surface area contributed by atoms with Gasteiger partial charge in [-0.1, -0.05) is 98.1 Å². The van der Waals surface area contributed by atoms with Gasteiger partial charge in [0.05, 0.1) is 0 Å². The Bertz CT molecular complexity index is 1080. The molecule has 28 heavy (non-hydrogen) atoms. The highest BCUT2D eigenvalue weighted by Crippen LogP contribution is 2.45. The average molecular weight is 361 g/mol. The third-order valence-corrected chi connectivity index (χ3v) is 5.48. The molecule has 0 aliphatic heterocycles. The first-order chi connectivity index (χ1) is 13.7. The first-order valence-corrected chi connectivity index (χ1v) is 9.63. The molecule has 0 radical (unpaired) electrons. The van der Waals surface area contributed by atoms with Crippen molar-refractivity contribution in [1.82, 2.24) is 0 Å². The summed E-state index contributed by atoms with van der Waals surface area (Å²) >= 11 is 0. The monoisotopic (exact) mass is 360 g/mol. The van der Waals surface area contributed by atoms with Gasteiger partial charge in [-0.25, -0.2) is 0 Å². The number of benzene rings is 4.